The number of hydrogen-bond acceptors (Lipinski definition) is 5. The molecule has 8 nitrogen and oxygen atoms in total. The maximum Gasteiger partial charge on any atom is 0.573 e. The molecule has 1 unspecified atom stereocenters. The quantitative estimate of drug-likeness (QED) is 0.561. The molecule has 206 valence electrons. The number of benzene rings is 2. The zero-order chi connectivity index (χ0) is 27.8. The number of alkyl halides is 3. The highest BCUT2D eigenvalue weighted by atomic mass is 32.2. The first kappa shape index (κ1) is 27.9. The van der Waals surface area contributed by atoms with Gasteiger partial charge in [0.15, 0.2) is 0 Å². The number of carboxylic acids is 1. The molecule has 1 saturated heterocycles. The molecule has 1 amide bonds. The average molecular weight is 555 g/mol. The van der Waals surface area contributed by atoms with E-state index in [1.165, 1.54) is 34.6 Å². The maximum atomic E-state index is 13.7. The van der Waals surface area contributed by atoms with Crippen LogP contribution in [0.15, 0.2) is 47.4 Å². The van der Waals surface area contributed by atoms with Crippen molar-refractivity contribution >= 4 is 21.9 Å². The van der Waals surface area contributed by atoms with Crippen LogP contribution in [0.2, 0.25) is 0 Å². The van der Waals surface area contributed by atoms with Crippen molar-refractivity contribution in [2.75, 3.05) is 13.1 Å². The molecule has 2 aliphatic rings. The standard InChI is InChI=1S/C26H29F3N2O6S/c1-16-14-30(24(32)11-8-18-6-9-21(10-7-18)37-26(27,28)29)15-17(2)31(16)38(35,36)23-5-3-4-19-12-20(25(33)34)13-22(19)23/h3-7,9-10,16-17,20H,8,11-15H2,1-2H3,(H,33,34)/t16-,17+,20?. The van der Waals surface area contributed by atoms with Crippen LogP contribution in [-0.4, -0.2) is 66.1 Å². The summed E-state index contributed by atoms with van der Waals surface area (Å²) < 4.78 is 69.7. The second kappa shape index (κ2) is 10.6. The van der Waals surface area contributed by atoms with Crippen molar-refractivity contribution in [3.8, 4) is 5.75 Å². The molecular weight excluding hydrogens is 525 g/mol. The molecule has 0 bridgehead atoms. The van der Waals surface area contributed by atoms with E-state index in [1.54, 1.807) is 30.9 Å². The van der Waals surface area contributed by atoms with E-state index in [4.69, 9.17) is 0 Å². The zero-order valence-corrected chi connectivity index (χ0v) is 21.8. The lowest BCUT2D eigenvalue weighted by Gasteiger charge is -2.43. The summed E-state index contributed by atoms with van der Waals surface area (Å²) in [5, 5.41) is 9.42. The van der Waals surface area contributed by atoms with Crippen molar-refractivity contribution < 1.29 is 41.0 Å². The average Bonchev–Trinajstić information content (AvgIpc) is 3.26. The molecule has 3 atom stereocenters. The fraction of sp³-hybridized carbons (Fsp3) is 0.462. The normalized spacial score (nSPS) is 22.2. The van der Waals surface area contributed by atoms with E-state index in [1.807, 2.05) is 0 Å². The van der Waals surface area contributed by atoms with Gasteiger partial charge < -0.3 is 14.7 Å². The molecule has 0 radical (unpaired) electrons. The third-order valence-electron chi connectivity index (χ3n) is 7.03. The lowest BCUT2D eigenvalue weighted by Crippen LogP contribution is -2.59. The summed E-state index contributed by atoms with van der Waals surface area (Å²) in [6, 6.07) is 9.21. The Kier molecular flexibility index (Phi) is 7.76. The molecule has 1 aliphatic carbocycles. The van der Waals surface area contributed by atoms with E-state index >= 15 is 0 Å². The highest BCUT2D eigenvalue weighted by Gasteiger charge is 2.42. The van der Waals surface area contributed by atoms with Crippen molar-refractivity contribution in [3.05, 3.63) is 59.2 Å². The Labute approximate surface area is 219 Å². The van der Waals surface area contributed by atoms with Crippen LogP contribution in [0.3, 0.4) is 0 Å². The monoisotopic (exact) mass is 554 g/mol. The number of amides is 1. The lowest BCUT2D eigenvalue weighted by molar-refractivity contribution is -0.274. The van der Waals surface area contributed by atoms with E-state index in [0.29, 0.717) is 24.0 Å². The summed E-state index contributed by atoms with van der Waals surface area (Å²) in [6.45, 7) is 3.84. The second-order valence-corrected chi connectivity index (χ2v) is 11.7. The molecule has 0 aromatic heterocycles. The molecule has 1 heterocycles. The van der Waals surface area contributed by atoms with Crippen LogP contribution < -0.4 is 4.74 Å². The van der Waals surface area contributed by atoms with Crippen LogP contribution >= 0.6 is 0 Å². The fourth-order valence-corrected chi connectivity index (χ4v) is 7.48. The molecule has 12 heteroatoms. The van der Waals surface area contributed by atoms with Crippen LogP contribution in [-0.2, 0) is 38.9 Å². The van der Waals surface area contributed by atoms with Gasteiger partial charge in [-0.25, -0.2) is 8.42 Å². The molecule has 0 spiro atoms. The molecule has 0 saturated carbocycles. The molecule has 1 fully saturated rings. The van der Waals surface area contributed by atoms with Gasteiger partial charge in [0, 0.05) is 31.6 Å². The van der Waals surface area contributed by atoms with Crippen LogP contribution in [0.1, 0.15) is 37.0 Å². The van der Waals surface area contributed by atoms with Gasteiger partial charge in [-0.3, -0.25) is 9.59 Å². The minimum Gasteiger partial charge on any atom is -0.481 e. The number of carbonyl (C=O) groups is 2. The summed E-state index contributed by atoms with van der Waals surface area (Å²) >= 11 is 0. The summed E-state index contributed by atoms with van der Waals surface area (Å²) in [6.07, 6.45) is -3.90. The summed E-state index contributed by atoms with van der Waals surface area (Å²) in [5.41, 5.74) is 1.95. The smallest absolute Gasteiger partial charge is 0.481 e. The molecule has 2 aromatic carbocycles. The van der Waals surface area contributed by atoms with Gasteiger partial charge in [-0.15, -0.1) is 13.2 Å². The van der Waals surface area contributed by atoms with Crippen molar-refractivity contribution in [1.82, 2.24) is 9.21 Å². The Morgan fingerprint density at radius 3 is 2.24 bits per heavy atom. The van der Waals surface area contributed by atoms with Gasteiger partial charge in [0.25, 0.3) is 0 Å². The van der Waals surface area contributed by atoms with E-state index in [2.05, 4.69) is 4.74 Å². The van der Waals surface area contributed by atoms with Gasteiger partial charge in [-0.2, -0.15) is 4.31 Å². The number of fused-ring (bicyclic) bond motifs is 1. The minimum atomic E-state index is -4.78. The summed E-state index contributed by atoms with van der Waals surface area (Å²) in [4.78, 5) is 26.2. The van der Waals surface area contributed by atoms with Crippen molar-refractivity contribution in [1.29, 1.82) is 0 Å². The maximum absolute atomic E-state index is 13.7. The molecule has 4 rings (SSSR count). The second-order valence-electron chi connectivity index (χ2n) is 9.86. The van der Waals surface area contributed by atoms with Crippen molar-refractivity contribution in [3.63, 3.8) is 0 Å². The molecular formula is C26H29F3N2O6S. The van der Waals surface area contributed by atoms with E-state index < -0.39 is 40.4 Å². The Morgan fingerprint density at radius 2 is 1.66 bits per heavy atom. The predicted octanol–water partition coefficient (Wildman–Crippen LogP) is 3.63. The van der Waals surface area contributed by atoms with Crippen LogP contribution in [0.25, 0.3) is 0 Å². The highest BCUT2D eigenvalue weighted by Crippen LogP contribution is 2.35. The molecule has 1 N–H and O–H groups in total. The summed E-state index contributed by atoms with van der Waals surface area (Å²) in [7, 11) is -3.95. The van der Waals surface area contributed by atoms with Crippen LogP contribution in [0, 0.1) is 5.92 Å². The molecule has 1 aliphatic heterocycles. The van der Waals surface area contributed by atoms with Gasteiger partial charge >= 0.3 is 12.3 Å². The first-order chi connectivity index (χ1) is 17.8. The van der Waals surface area contributed by atoms with Gasteiger partial charge in [0.1, 0.15) is 5.75 Å². The number of halogens is 3. The van der Waals surface area contributed by atoms with E-state index in [0.717, 1.165) is 5.56 Å². The number of ether oxygens (including phenoxy) is 1. The van der Waals surface area contributed by atoms with Crippen LogP contribution in [0.4, 0.5) is 13.2 Å². The first-order valence-corrected chi connectivity index (χ1v) is 13.7. The Balaban J connectivity index is 1.41. The van der Waals surface area contributed by atoms with Gasteiger partial charge in [0.05, 0.1) is 10.8 Å². The topological polar surface area (TPSA) is 104 Å². The SMILES string of the molecule is C[C@@H]1CN(C(=O)CCc2ccc(OC(F)(F)F)cc2)C[C@H](C)N1S(=O)(=O)c1cccc2c1CC(C(=O)O)C2. The van der Waals surface area contributed by atoms with Gasteiger partial charge in [0.2, 0.25) is 15.9 Å². The van der Waals surface area contributed by atoms with Crippen molar-refractivity contribution in [2.24, 2.45) is 5.92 Å². The fourth-order valence-electron chi connectivity index (χ4n) is 5.40. The number of nitrogens with zero attached hydrogens (tertiary/aromatic N) is 2. The van der Waals surface area contributed by atoms with E-state index in [9.17, 15) is 36.3 Å². The number of aryl methyl sites for hydroxylation is 1. The van der Waals surface area contributed by atoms with Gasteiger partial charge in [-0.1, -0.05) is 24.3 Å². The molecule has 2 aromatic rings. The van der Waals surface area contributed by atoms with Crippen molar-refractivity contribution in [2.45, 2.75) is 62.9 Å². The summed E-state index contributed by atoms with van der Waals surface area (Å²) in [5.74, 6) is -2.13. The third-order valence-corrected chi connectivity index (χ3v) is 9.24. The highest BCUT2D eigenvalue weighted by molar-refractivity contribution is 7.89. The van der Waals surface area contributed by atoms with Gasteiger partial charge in [-0.05, 0) is 68.0 Å². The number of aliphatic carboxylic acids is 1. The largest absolute Gasteiger partial charge is 0.573 e. The Hall–Kier alpha value is -3.12. The number of hydrogen-bond donors (Lipinski definition) is 1. The number of carboxylic acid groups (broad SMARTS) is 1. The minimum absolute atomic E-state index is 0.119. The zero-order valence-electron chi connectivity index (χ0n) is 20.9. The predicted molar refractivity (Wildman–Crippen MR) is 131 cm³/mol. The number of rotatable bonds is 7. The van der Waals surface area contributed by atoms with Crippen LogP contribution in [0.5, 0.6) is 5.75 Å². The Bertz CT molecular complexity index is 1300. The molecule has 38 heavy (non-hydrogen) atoms. The van der Waals surface area contributed by atoms with E-state index in [-0.39, 0.29) is 42.5 Å². The lowest BCUT2D eigenvalue weighted by atomic mass is 10.1. The first-order valence-electron chi connectivity index (χ1n) is 12.3. The number of carbonyl (C=O) groups excluding carboxylic acids is 1. The third kappa shape index (κ3) is 5.96. The number of sulfonamides is 1. The number of piperazine rings is 1. The Morgan fingerprint density at radius 1 is 1.03 bits per heavy atom.